The Morgan fingerprint density at radius 3 is 2.80 bits per heavy atom. The molecule has 0 aliphatic carbocycles. The number of hydrogen-bond donors (Lipinski definition) is 1. The molecule has 1 unspecified atom stereocenters. The Balaban J connectivity index is 2.21. The van der Waals surface area contributed by atoms with Gasteiger partial charge in [0.25, 0.3) is 0 Å². The molecular weight excluding hydrogens is 291 g/mol. The summed E-state index contributed by atoms with van der Waals surface area (Å²) < 4.78 is 0. The normalized spacial score (nSPS) is 12.3. The van der Waals surface area contributed by atoms with E-state index in [4.69, 9.17) is 23.2 Å². The second kappa shape index (κ2) is 7.63. The van der Waals surface area contributed by atoms with Crippen LogP contribution < -0.4 is 5.32 Å². The first-order valence-corrected chi connectivity index (χ1v) is 7.53. The minimum atomic E-state index is 0.194. The summed E-state index contributed by atoms with van der Waals surface area (Å²) in [5.41, 5.74) is 2.22. The van der Waals surface area contributed by atoms with Crippen LogP contribution in [0.3, 0.4) is 0 Å². The molecule has 2 rings (SSSR count). The monoisotopic (exact) mass is 308 g/mol. The van der Waals surface area contributed by atoms with Crippen molar-refractivity contribution in [1.82, 2.24) is 10.3 Å². The van der Waals surface area contributed by atoms with Crippen molar-refractivity contribution in [2.24, 2.45) is 0 Å². The molecule has 1 aromatic carbocycles. The molecule has 0 spiro atoms. The van der Waals surface area contributed by atoms with Crippen molar-refractivity contribution in [2.45, 2.75) is 25.8 Å². The number of pyridine rings is 1. The molecule has 0 aliphatic heterocycles. The van der Waals surface area contributed by atoms with E-state index in [0.717, 1.165) is 35.5 Å². The fraction of sp³-hybridized carbons (Fsp3) is 0.312. The number of benzene rings is 1. The maximum absolute atomic E-state index is 6.26. The molecule has 0 amide bonds. The first kappa shape index (κ1) is 15.3. The van der Waals surface area contributed by atoms with E-state index in [9.17, 15) is 0 Å². The lowest BCUT2D eigenvalue weighted by molar-refractivity contribution is 0.528. The summed E-state index contributed by atoms with van der Waals surface area (Å²) in [6, 6.07) is 9.82. The lowest BCUT2D eigenvalue weighted by Gasteiger charge is -2.19. The fourth-order valence-corrected chi connectivity index (χ4v) is 2.52. The predicted molar refractivity (Wildman–Crippen MR) is 85.4 cm³/mol. The Labute approximate surface area is 130 Å². The molecule has 4 heteroatoms. The van der Waals surface area contributed by atoms with Gasteiger partial charge in [-0.15, -0.1) is 0 Å². The molecule has 20 heavy (non-hydrogen) atoms. The van der Waals surface area contributed by atoms with E-state index < -0.39 is 0 Å². The summed E-state index contributed by atoms with van der Waals surface area (Å²) in [6.45, 7) is 3.11. The average Bonchev–Trinajstić information content (AvgIpc) is 2.48. The van der Waals surface area contributed by atoms with Gasteiger partial charge in [-0.3, -0.25) is 4.98 Å². The molecule has 1 aromatic heterocycles. The van der Waals surface area contributed by atoms with E-state index in [2.05, 4.69) is 23.3 Å². The van der Waals surface area contributed by atoms with Crippen LogP contribution in [0.2, 0.25) is 10.0 Å². The van der Waals surface area contributed by atoms with Gasteiger partial charge in [-0.25, -0.2) is 0 Å². The van der Waals surface area contributed by atoms with Gasteiger partial charge in [0, 0.05) is 28.5 Å². The zero-order valence-corrected chi connectivity index (χ0v) is 13.0. The maximum atomic E-state index is 6.26. The van der Waals surface area contributed by atoms with Gasteiger partial charge >= 0.3 is 0 Å². The van der Waals surface area contributed by atoms with Gasteiger partial charge in [0.1, 0.15) is 0 Å². The highest BCUT2D eigenvalue weighted by Gasteiger charge is 2.13. The molecule has 0 fully saturated rings. The minimum absolute atomic E-state index is 0.194. The quantitative estimate of drug-likeness (QED) is 0.838. The molecule has 106 valence electrons. The summed E-state index contributed by atoms with van der Waals surface area (Å²) in [5.74, 6) is 0. The molecule has 0 radical (unpaired) electrons. The average molecular weight is 309 g/mol. The van der Waals surface area contributed by atoms with Gasteiger partial charge in [0.05, 0.1) is 0 Å². The van der Waals surface area contributed by atoms with Crippen molar-refractivity contribution in [3.8, 4) is 0 Å². The molecule has 0 saturated carbocycles. The predicted octanol–water partition coefficient (Wildman–Crippen LogP) is 4.67. The largest absolute Gasteiger partial charge is 0.310 e. The van der Waals surface area contributed by atoms with E-state index >= 15 is 0 Å². The third-order valence-corrected chi connectivity index (χ3v) is 3.76. The molecule has 0 bridgehead atoms. The van der Waals surface area contributed by atoms with Crippen LogP contribution in [0.15, 0.2) is 42.7 Å². The Bertz CT molecular complexity index is 543. The van der Waals surface area contributed by atoms with Gasteiger partial charge in [0.15, 0.2) is 0 Å². The van der Waals surface area contributed by atoms with Gasteiger partial charge < -0.3 is 5.32 Å². The third kappa shape index (κ3) is 4.20. The highest BCUT2D eigenvalue weighted by atomic mass is 35.5. The van der Waals surface area contributed by atoms with E-state index in [0.29, 0.717) is 5.02 Å². The van der Waals surface area contributed by atoms with Crippen molar-refractivity contribution >= 4 is 23.2 Å². The van der Waals surface area contributed by atoms with Crippen LogP contribution in [0.4, 0.5) is 0 Å². The zero-order valence-electron chi connectivity index (χ0n) is 11.4. The number of nitrogens with one attached hydrogen (secondary N) is 1. The smallest absolute Gasteiger partial charge is 0.0439 e. The molecule has 2 nitrogen and oxygen atoms in total. The number of rotatable bonds is 6. The Kier molecular flexibility index (Phi) is 5.84. The number of hydrogen-bond acceptors (Lipinski definition) is 2. The SMILES string of the molecule is CCCNC(Cc1cc(Cl)ccc1Cl)c1cccnc1. The zero-order chi connectivity index (χ0) is 14.4. The summed E-state index contributed by atoms with van der Waals surface area (Å²) in [5, 5.41) is 5.00. The Hall–Kier alpha value is -1.09. The maximum Gasteiger partial charge on any atom is 0.0439 e. The van der Waals surface area contributed by atoms with E-state index in [1.807, 2.05) is 30.5 Å². The summed E-state index contributed by atoms with van der Waals surface area (Å²) >= 11 is 12.3. The minimum Gasteiger partial charge on any atom is -0.310 e. The molecule has 0 saturated heterocycles. The van der Waals surface area contributed by atoms with Crippen molar-refractivity contribution < 1.29 is 0 Å². The lowest BCUT2D eigenvalue weighted by Crippen LogP contribution is -2.24. The summed E-state index contributed by atoms with van der Waals surface area (Å²) in [6.07, 6.45) is 5.56. The van der Waals surface area contributed by atoms with Gasteiger partial charge in [-0.1, -0.05) is 36.2 Å². The van der Waals surface area contributed by atoms with E-state index in [1.54, 1.807) is 6.20 Å². The Morgan fingerprint density at radius 1 is 1.25 bits per heavy atom. The van der Waals surface area contributed by atoms with Crippen molar-refractivity contribution in [2.75, 3.05) is 6.54 Å². The molecule has 1 heterocycles. The van der Waals surface area contributed by atoms with Crippen molar-refractivity contribution in [3.63, 3.8) is 0 Å². The van der Waals surface area contributed by atoms with E-state index in [1.165, 1.54) is 0 Å². The first-order valence-electron chi connectivity index (χ1n) is 6.78. The lowest BCUT2D eigenvalue weighted by atomic mass is 10.00. The van der Waals surface area contributed by atoms with Crippen molar-refractivity contribution in [1.29, 1.82) is 0 Å². The second-order valence-electron chi connectivity index (χ2n) is 4.73. The molecule has 1 atom stereocenters. The number of nitrogens with zero attached hydrogens (tertiary/aromatic N) is 1. The van der Waals surface area contributed by atoms with Crippen LogP contribution in [0.25, 0.3) is 0 Å². The molecule has 2 aromatic rings. The van der Waals surface area contributed by atoms with Gasteiger partial charge in [-0.2, -0.15) is 0 Å². The van der Waals surface area contributed by atoms with Crippen LogP contribution >= 0.6 is 23.2 Å². The standard InChI is InChI=1S/C16H18Cl2N2/c1-2-7-20-16(12-4-3-8-19-11-12)10-13-9-14(17)5-6-15(13)18/h3-6,8-9,11,16,20H,2,7,10H2,1H3. The van der Waals surface area contributed by atoms with E-state index in [-0.39, 0.29) is 6.04 Å². The van der Waals surface area contributed by atoms with Crippen LogP contribution in [0, 0.1) is 0 Å². The third-order valence-electron chi connectivity index (χ3n) is 3.16. The Morgan fingerprint density at radius 2 is 2.10 bits per heavy atom. The van der Waals surface area contributed by atoms with Crippen LogP contribution in [-0.4, -0.2) is 11.5 Å². The highest BCUT2D eigenvalue weighted by Crippen LogP contribution is 2.26. The van der Waals surface area contributed by atoms with Gasteiger partial charge in [0.2, 0.25) is 0 Å². The molecule has 1 N–H and O–H groups in total. The number of aromatic nitrogens is 1. The molecule has 0 aliphatic rings. The first-order chi connectivity index (χ1) is 9.70. The van der Waals surface area contributed by atoms with Crippen LogP contribution in [0.1, 0.15) is 30.5 Å². The summed E-state index contributed by atoms with van der Waals surface area (Å²) in [4.78, 5) is 4.20. The number of halogens is 2. The highest BCUT2D eigenvalue weighted by molar-refractivity contribution is 6.33. The summed E-state index contributed by atoms with van der Waals surface area (Å²) in [7, 11) is 0. The van der Waals surface area contributed by atoms with Crippen LogP contribution in [0.5, 0.6) is 0 Å². The van der Waals surface area contributed by atoms with Crippen LogP contribution in [-0.2, 0) is 6.42 Å². The topological polar surface area (TPSA) is 24.9 Å². The van der Waals surface area contributed by atoms with Gasteiger partial charge in [-0.05, 0) is 54.8 Å². The fourth-order valence-electron chi connectivity index (χ4n) is 2.13. The van der Waals surface area contributed by atoms with Crippen molar-refractivity contribution in [3.05, 3.63) is 63.9 Å². The second-order valence-corrected chi connectivity index (χ2v) is 5.58. The molecular formula is C16H18Cl2N2.